The number of hydrogen-bond donors (Lipinski definition) is 4. The average molecular weight is 288 g/mol. The number of carbonyl (C=O) groups excluding carboxylic acids is 1. The van der Waals surface area contributed by atoms with Gasteiger partial charge in [-0.05, 0) is 6.07 Å². The molecule has 4 N–H and O–H groups in total. The molecule has 1 heterocycles. The van der Waals surface area contributed by atoms with Crippen LogP contribution in [0.25, 0.3) is 0 Å². The summed E-state index contributed by atoms with van der Waals surface area (Å²) in [4.78, 5) is 12.2. The van der Waals surface area contributed by atoms with E-state index >= 15 is 0 Å². The van der Waals surface area contributed by atoms with Crippen molar-refractivity contribution in [1.29, 1.82) is 0 Å². The quantitative estimate of drug-likeness (QED) is 0.633. The van der Waals surface area contributed by atoms with E-state index in [2.05, 4.69) is 0 Å². The Bertz CT molecular complexity index is 724. The van der Waals surface area contributed by atoms with Gasteiger partial charge in [0.15, 0.2) is 12.2 Å². The van der Waals surface area contributed by atoms with Crippen LogP contribution in [0, 0.1) is 0 Å². The molecule has 0 aliphatic carbocycles. The molecule has 3 rings (SSSR count). The van der Waals surface area contributed by atoms with Crippen LogP contribution < -0.4 is 4.74 Å². The van der Waals surface area contributed by atoms with E-state index in [4.69, 9.17) is 4.74 Å². The number of aliphatic hydroxyl groups excluding tert-OH is 1. The Hall–Kier alpha value is -2.73. The minimum absolute atomic E-state index is 0.0453. The van der Waals surface area contributed by atoms with E-state index in [0.717, 1.165) is 6.07 Å². The number of aliphatic hydroxyl groups is 1. The van der Waals surface area contributed by atoms with E-state index in [1.807, 2.05) is 0 Å². The van der Waals surface area contributed by atoms with Crippen LogP contribution in [-0.2, 0) is 0 Å². The molecule has 0 bridgehead atoms. The maximum atomic E-state index is 12.2. The SMILES string of the molecule is O=C1c2c(O)cc(O)cc2O[C@@H](c2ccccc2O)[C@H]1O. The van der Waals surface area contributed by atoms with Crippen LogP contribution in [0.15, 0.2) is 36.4 Å². The molecular formula is C15H12O6. The Morgan fingerprint density at radius 3 is 2.43 bits per heavy atom. The van der Waals surface area contributed by atoms with Crippen molar-refractivity contribution < 1.29 is 30.0 Å². The molecule has 1 aliphatic heterocycles. The van der Waals surface area contributed by atoms with E-state index in [1.54, 1.807) is 12.1 Å². The van der Waals surface area contributed by atoms with Gasteiger partial charge in [0.05, 0.1) is 0 Å². The molecule has 2 atom stereocenters. The van der Waals surface area contributed by atoms with Crippen molar-refractivity contribution in [3.8, 4) is 23.0 Å². The number of aromatic hydroxyl groups is 3. The predicted octanol–water partition coefficient (Wildman–Crippen LogP) is 1.48. The van der Waals surface area contributed by atoms with Crippen molar-refractivity contribution in [1.82, 2.24) is 0 Å². The summed E-state index contributed by atoms with van der Waals surface area (Å²) < 4.78 is 5.49. The van der Waals surface area contributed by atoms with Gasteiger partial charge in [0.1, 0.15) is 28.6 Å². The van der Waals surface area contributed by atoms with Gasteiger partial charge in [-0.25, -0.2) is 0 Å². The highest BCUT2D eigenvalue weighted by molar-refractivity contribution is 6.05. The summed E-state index contributed by atoms with van der Waals surface area (Å²) in [6.45, 7) is 0. The van der Waals surface area contributed by atoms with Gasteiger partial charge in [-0.15, -0.1) is 0 Å². The van der Waals surface area contributed by atoms with Crippen LogP contribution in [0.3, 0.4) is 0 Å². The minimum atomic E-state index is -1.57. The maximum absolute atomic E-state index is 12.2. The number of para-hydroxylation sites is 1. The van der Waals surface area contributed by atoms with Crippen molar-refractivity contribution in [2.45, 2.75) is 12.2 Å². The van der Waals surface area contributed by atoms with Crippen molar-refractivity contribution in [2.24, 2.45) is 0 Å². The summed E-state index contributed by atoms with van der Waals surface area (Å²) in [5, 5.41) is 39.1. The van der Waals surface area contributed by atoms with E-state index in [1.165, 1.54) is 18.2 Å². The third-order valence-corrected chi connectivity index (χ3v) is 3.37. The Balaban J connectivity index is 2.12. The molecule has 108 valence electrons. The number of Topliss-reactive ketones (excluding diaryl/α,β-unsaturated/α-hetero) is 1. The number of ketones is 1. The Morgan fingerprint density at radius 2 is 1.71 bits per heavy atom. The molecule has 6 heteroatoms. The van der Waals surface area contributed by atoms with Crippen LogP contribution >= 0.6 is 0 Å². The number of benzene rings is 2. The van der Waals surface area contributed by atoms with Crippen LogP contribution in [-0.4, -0.2) is 32.3 Å². The van der Waals surface area contributed by atoms with Gasteiger partial charge < -0.3 is 25.2 Å². The van der Waals surface area contributed by atoms with Gasteiger partial charge in [-0.2, -0.15) is 0 Å². The highest BCUT2D eigenvalue weighted by Crippen LogP contribution is 2.43. The lowest BCUT2D eigenvalue weighted by molar-refractivity contribution is 0.0203. The number of phenols is 3. The van der Waals surface area contributed by atoms with Crippen LogP contribution in [0.2, 0.25) is 0 Å². The van der Waals surface area contributed by atoms with Crippen molar-refractivity contribution in [2.75, 3.05) is 0 Å². The number of phenolic OH excluding ortho intramolecular Hbond substituents is 3. The predicted molar refractivity (Wildman–Crippen MR) is 71.6 cm³/mol. The van der Waals surface area contributed by atoms with E-state index in [9.17, 15) is 25.2 Å². The summed E-state index contributed by atoms with van der Waals surface area (Å²) in [5.74, 6) is -1.64. The third kappa shape index (κ3) is 2.05. The summed E-state index contributed by atoms with van der Waals surface area (Å²) in [7, 11) is 0. The lowest BCUT2D eigenvalue weighted by atomic mass is 9.92. The Labute approximate surface area is 119 Å². The zero-order valence-electron chi connectivity index (χ0n) is 10.7. The van der Waals surface area contributed by atoms with Crippen molar-refractivity contribution >= 4 is 5.78 Å². The largest absolute Gasteiger partial charge is 0.508 e. The second-order valence-electron chi connectivity index (χ2n) is 4.74. The lowest BCUT2D eigenvalue weighted by Crippen LogP contribution is -2.36. The molecule has 0 spiro atoms. The topological polar surface area (TPSA) is 107 Å². The van der Waals surface area contributed by atoms with Gasteiger partial charge in [-0.1, -0.05) is 18.2 Å². The highest BCUT2D eigenvalue weighted by Gasteiger charge is 2.40. The molecule has 2 aromatic rings. The van der Waals surface area contributed by atoms with E-state index in [-0.39, 0.29) is 28.4 Å². The monoisotopic (exact) mass is 288 g/mol. The first kappa shape index (κ1) is 13.3. The Kier molecular flexibility index (Phi) is 2.95. The minimum Gasteiger partial charge on any atom is -0.508 e. The standard InChI is InChI=1S/C15H12O6/c16-7-5-10(18)12-11(6-7)21-15(14(20)13(12)19)8-3-1-2-4-9(8)17/h1-6,14-18,20H/t14-,15-/m0/s1. The van der Waals surface area contributed by atoms with Gasteiger partial charge in [0.2, 0.25) is 5.78 Å². The first-order valence-electron chi connectivity index (χ1n) is 6.22. The number of rotatable bonds is 1. The molecule has 0 fully saturated rings. The van der Waals surface area contributed by atoms with Crippen LogP contribution in [0.4, 0.5) is 0 Å². The summed E-state index contributed by atoms with van der Waals surface area (Å²) in [6, 6.07) is 8.32. The van der Waals surface area contributed by atoms with Crippen molar-refractivity contribution in [3.63, 3.8) is 0 Å². The summed E-state index contributed by atoms with van der Waals surface area (Å²) in [6.07, 6.45) is -2.69. The summed E-state index contributed by atoms with van der Waals surface area (Å²) >= 11 is 0. The zero-order valence-corrected chi connectivity index (χ0v) is 10.7. The number of hydrogen-bond acceptors (Lipinski definition) is 6. The fraction of sp³-hybridized carbons (Fsp3) is 0.133. The average Bonchev–Trinajstić information content (AvgIpc) is 2.43. The van der Waals surface area contributed by atoms with Crippen molar-refractivity contribution in [3.05, 3.63) is 47.5 Å². The lowest BCUT2D eigenvalue weighted by Gasteiger charge is -2.30. The molecule has 21 heavy (non-hydrogen) atoms. The first-order chi connectivity index (χ1) is 9.99. The van der Waals surface area contributed by atoms with E-state index in [0.29, 0.717) is 0 Å². The molecule has 0 amide bonds. The maximum Gasteiger partial charge on any atom is 0.202 e. The van der Waals surface area contributed by atoms with Crippen LogP contribution in [0.5, 0.6) is 23.0 Å². The van der Waals surface area contributed by atoms with Gasteiger partial charge >= 0.3 is 0 Å². The molecule has 0 radical (unpaired) electrons. The fourth-order valence-corrected chi connectivity index (χ4v) is 2.38. The second-order valence-corrected chi connectivity index (χ2v) is 4.74. The zero-order chi connectivity index (χ0) is 15.1. The number of carbonyl (C=O) groups is 1. The molecule has 0 aromatic heterocycles. The van der Waals surface area contributed by atoms with E-state index < -0.39 is 23.7 Å². The normalized spacial score (nSPS) is 20.7. The van der Waals surface area contributed by atoms with Gasteiger partial charge in [0, 0.05) is 17.7 Å². The molecule has 0 saturated heterocycles. The fourth-order valence-electron chi connectivity index (χ4n) is 2.38. The van der Waals surface area contributed by atoms with Gasteiger partial charge in [0.25, 0.3) is 0 Å². The molecule has 6 nitrogen and oxygen atoms in total. The molecule has 2 aromatic carbocycles. The van der Waals surface area contributed by atoms with Gasteiger partial charge in [-0.3, -0.25) is 4.79 Å². The van der Waals surface area contributed by atoms with Crippen LogP contribution in [0.1, 0.15) is 22.0 Å². The third-order valence-electron chi connectivity index (χ3n) is 3.37. The first-order valence-corrected chi connectivity index (χ1v) is 6.22. The highest BCUT2D eigenvalue weighted by atomic mass is 16.5. The smallest absolute Gasteiger partial charge is 0.202 e. The Morgan fingerprint density at radius 1 is 1.00 bits per heavy atom. The number of fused-ring (bicyclic) bond motifs is 1. The molecule has 0 unspecified atom stereocenters. The molecular weight excluding hydrogens is 276 g/mol. The second kappa shape index (κ2) is 4.68. The summed E-state index contributed by atoms with van der Waals surface area (Å²) in [5.41, 5.74) is 0.0544. The molecule has 1 aliphatic rings. The molecule has 0 saturated carbocycles. The number of ether oxygens (including phenoxy) is 1.